The third-order valence-corrected chi connectivity index (χ3v) is 5.48. The molecule has 0 unspecified atom stereocenters. The maximum Gasteiger partial charge on any atom is 0.410 e. The summed E-state index contributed by atoms with van der Waals surface area (Å²) >= 11 is 0. The molecule has 35 heavy (non-hydrogen) atoms. The third-order valence-electron chi connectivity index (χ3n) is 5.48. The maximum atomic E-state index is 12.7. The summed E-state index contributed by atoms with van der Waals surface area (Å²) < 4.78 is 16.9. The van der Waals surface area contributed by atoms with E-state index in [4.69, 9.17) is 19.2 Å². The van der Waals surface area contributed by atoms with Crippen LogP contribution < -0.4 is 14.8 Å². The Morgan fingerprint density at radius 2 is 1.91 bits per heavy atom. The molecule has 1 amide bonds. The number of benzene rings is 1. The average Bonchev–Trinajstić information content (AvgIpc) is 3.32. The molecular formula is C26H31N5O4. The summed E-state index contributed by atoms with van der Waals surface area (Å²) in [5, 5.41) is 3.34. The molecule has 3 heterocycles. The number of carbonyl (C=O) groups excluding carboxylic acids is 1. The minimum Gasteiger partial charge on any atom is -0.497 e. The van der Waals surface area contributed by atoms with Gasteiger partial charge in [-0.25, -0.2) is 14.8 Å². The summed E-state index contributed by atoms with van der Waals surface area (Å²) in [5.41, 5.74) is 0.936. The van der Waals surface area contributed by atoms with E-state index >= 15 is 0 Å². The number of anilines is 1. The second kappa shape index (κ2) is 10.6. The van der Waals surface area contributed by atoms with E-state index in [1.165, 1.54) is 0 Å². The Kier molecular flexibility index (Phi) is 7.33. The van der Waals surface area contributed by atoms with E-state index in [1.807, 2.05) is 57.2 Å². The molecule has 3 aromatic rings. The number of likely N-dealkylation sites (tertiary alicyclic amines) is 1. The molecule has 1 aliphatic rings. The van der Waals surface area contributed by atoms with Crippen LogP contribution in [0.25, 0.3) is 11.3 Å². The first-order valence-electron chi connectivity index (χ1n) is 11.7. The smallest absolute Gasteiger partial charge is 0.410 e. The first-order chi connectivity index (χ1) is 16.8. The zero-order chi connectivity index (χ0) is 24.8. The number of aromatic nitrogens is 3. The van der Waals surface area contributed by atoms with E-state index < -0.39 is 5.60 Å². The quantitative estimate of drug-likeness (QED) is 0.499. The lowest BCUT2D eigenvalue weighted by Crippen LogP contribution is -2.42. The van der Waals surface area contributed by atoms with Gasteiger partial charge in [0.1, 0.15) is 17.1 Å². The molecule has 184 valence electrons. The van der Waals surface area contributed by atoms with Gasteiger partial charge in [0.15, 0.2) is 5.82 Å². The monoisotopic (exact) mass is 477 g/mol. The normalized spacial score (nSPS) is 15.5. The highest BCUT2D eigenvalue weighted by Gasteiger charge is 2.32. The van der Waals surface area contributed by atoms with Crippen molar-refractivity contribution in [1.82, 2.24) is 19.9 Å². The average molecular weight is 478 g/mol. The van der Waals surface area contributed by atoms with Crippen LogP contribution in [0.4, 0.5) is 10.6 Å². The number of nitrogens with one attached hydrogen (secondary N) is 1. The Morgan fingerprint density at radius 1 is 1.14 bits per heavy atom. The number of hydrogen-bond donors (Lipinski definition) is 1. The third kappa shape index (κ3) is 6.38. The molecule has 1 saturated heterocycles. The second-order valence-corrected chi connectivity index (χ2v) is 9.28. The number of rotatable bonds is 7. The molecule has 1 fully saturated rings. The van der Waals surface area contributed by atoms with Crippen molar-refractivity contribution in [2.75, 3.05) is 25.5 Å². The fraction of sp³-hybridized carbons (Fsp3) is 0.385. The first-order valence-corrected chi connectivity index (χ1v) is 11.7. The molecule has 2 aromatic heterocycles. The maximum absolute atomic E-state index is 12.7. The van der Waals surface area contributed by atoms with Crippen LogP contribution >= 0.6 is 0 Å². The van der Waals surface area contributed by atoms with Crippen molar-refractivity contribution in [3.63, 3.8) is 0 Å². The predicted octanol–water partition coefficient (Wildman–Crippen LogP) is 5.15. The lowest BCUT2D eigenvalue weighted by molar-refractivity contribution is 0.0235. The molecule has 1 aromatic carbocycles. The summed E-state index contributed by atoms with van der Waals surface area (Å²) in [4.78, 5) is 27.9. The van der Waals surface area contributed by atoms with Gasteiger partial charge in [0.25, 0.3) is 5.88 Å². The first kappa shape index (κ1) is 24.3. The highest BCUT2D eigenvalue weighted by atomic mass is 16.6. The zero-order valence-corrected chi connectivity index (χ0v) is 20.5. The second-order valence-electron chi connectivity index (χ2n) is 9.28. The van der Waals surface area contributed by atoms with Crippen LogP contribution in [0.5, 0.6) is 17.4 Å². The van der Waals surface area contributed by atoms with Gasteiger partial charge in [-0.2, -0.15) is 0 Å². The summed E-state index contributed by atoms with van der Waals surface area (Å²) in [6.07, 6.45) is 6.62. The molecule has 0 spiro atoms. The summed E-state index contributed by atoms with van der Waals surface area (Å²) in [6.45, 7) is 6.78. The van der Waals surface area contributed by atoms with Gasteiger partial charge in [0.05, 0.1) is 25.0 Å². The summed E-state index contributed by atoms with van der Waals surface area (Å²) in [5.74, 6) is 2.15. The molecule has 1 N–H and O–H groups in total. The number of nitrogens with zero attached hydrogens (tertiary/aromatic N) is 4. The van der Waals surface area contributed by atoms with Gasteiger partial charge >= 0.3 is 6.09 Å². The van der Waals surface area contributed by atoms with Crippen molar-refractivity contribution < 1.29 is 19.0 Å². The van der Waals surface area contributed by atoms with Gasteiger partial charge in [-0.05, 0) is 70.0 Å². The van der Waals surface area contributed by atoms with Crippen molar-refractivity contribution >= 4 is 11.9 Å². The Hall–Kier alpha value is -3.88. The molecule has 0 saturated carbocycles. The van der Waals surface area contributed by atoms with Gasteiger partial charge in [-0.3, -0.25) is 4.98 Å². The van der Waals surface area contributed by atoms with Gasteiger partial charge in [0.2, 0.25) is 0 Å². The Bertz CT molecular complexity index is 1130. The molecular weight excluding hydrogens is 446 g/mol. The summed E-state index contributed by atoms with van der Waals surface area (Å²) in [7, 11) is 1.62. The van der Waals surface area contributed by atoms with E-state index in [0.29, 0.717) is 36.2 Å². The summed E-state index contributed by atoms with van der Waals surface area (Å²) in [6, 6.07) is 11.0. The number of carbonyl (C=O) groups is 1. The number of hydrogen-bond acceptors (Lipinski definition) is 8. The van der Waals surface area contributed by atoms with Gasteiger partial charge < -0.3 is 24.4 Å². The van der Waals surface area contributed by atoms with Gasteiger partial charge in [-0.1, -0.05) is 0 Å². The number of ether oxygens (including phenoxy) is 3. The van der Waals surface area contributed by atoms with Crippen molar-refractivity contribution in [2.45, 2.75) is 45.3 Å². The van der Waals surface area contributed by atoms with Gasteiger partial charge in [-0.15, -0.1) is 0 Å². The Balaban J connectivity index is 1.54. The molecule has 1 aliphatic heterocycles. The Morgan fingerprint density at radius 3 is 2.60 bits per heavy atom. The van der Waals surface area contributed by atoms with Crippen LogP contribution in [0.15, 0.2) is 55.0 Å². The lowest BCUT2D eigenvalue weighted by atomic mass is 10.2. The largest absolute Gasteiger partial charge is 0.497 e. The highest BCUT2D eigenvalue weighted by molar-refractivity contribution is 5.69. The minimum absolute atomic E-state index is 0.0153. The number of methoxy groups -OCH3 is 1. The van der Waals surface area contributed by atoms with E-state index in [1.54, 1.807) is 30.6 Å². The topological polar surface area (TPSA) is 98.7 Å². The SMILES string of the molecule is COc1ccc(Oc2nc(-c3cccnc3)cnc2NC[C@@H]2CCCN2C(=O)OC(C)(C)C)cc1. The van der Waals surface area contributed by atoms with E-state index in [-0.39, 0.29) is 12.1 Å². The molecule has 0 radical (unpaired) electrons. The molecule has 0 bridgehead atoms. The van der Waals surface area contributed by atoms with E-state index in [2.05, 4.69) is 15.3 Å². The number of pyridine rings is 1. The van der Waals surface area contributed by atoms with Crippen molar-refractivity contribution in [1.29, 1.82) is 0 Å². The molecule has 0 aliphatic carbocycles. The van der Waals surface area contributed by atoms with Crippen molar-refractivity contribution in [2.24, 2.45) is 0 Å². The van der Waals surface area contributed by atoms with Crippen LogP contribution in [0, 0.1) is 0 Å². The predicted molar refractivity (Wildman–Crippen MR) is 133 cm³/mol. The lowest BCUT2D eigenvalue weighted by Gasteiger charge is -2.28. The molecule has 9 nitrogen and oxygen atoms in total. The van der Waals surface area contributed by atoms with E-state index in [9.17, 15) is 4.79 Å². The molecule has 9 heteroatoms. The van der Waals surface area contributed by atoms with Crippen LogP contribution in [0.3, 0.4) is 0 Å². The van der Waals surface area contributed by atoms with Crippen LogP contribution in [0.2, 0.25) is 0 Å². The zero-order valence-electron chi connectivity index (χ0n) is 20.5. The fourth-order valence-corrected chi connectivity index (χ4v) is 3.80. The van der Waals surface area contributed by atoms with Crippen molar-refractivity contribution in [3.8, 4) is 28.6 Å². The van der Waals surface area contributed by atoms with Crippen LogP contribution in [-0.4, -0.2) is 57.8 Å². The Labute approximate surface area is 205 Å². The highest BCUT2D eigenvalue weighted by Crippen LogP contribution is 2.30. The van der Waals surface area contributed by atoms with Gasteiger partial charge in [0, 0.05) is 31.0 Å². The number of amides is 1. The van der Waals surface area contributed by atoms with Crippen LogP contribution in [0.1, 0.15) is 33.6 Å². The standard InChI is InChI=1S/C26H31N5O4/c1-26(2,3)35-25(32)31-14-6-8-19(31)16-28-23-24(34-21-11-9-20(33-4)10-12-21)30-22(17-29-23)18-7-5-13-27-15-18/h5,7,9-13,15,17,19H,6,8,14,16H2,1-4H3,(H,28,29)/t19-/m0/s1. The molecule has 4 rings (SSSR count). The molecule has 1 atom stereocenters. The van der Waals surface area contributed by atoms with Crippen molar-refractivity contribution in [3.05, 3.63) is 55.0 Å². The van der Waals surface area contributed by atoms with E-state index in [0.717, 1.165) is 24.2 Å². The minimum atomic E-state index is -0.537. The fourth-order valence-electron chi connectivity index (χ4n) is 3.80. The van der Waals surface area contributed by atoms with Crippen LogP contribution in [-0.2, 0) is 4.74 Å².